The van der Waals surface area contributed by atoms with E-state index in [0.29, 0.717) is 30.5 Å². The zero-order chi connectivity index (χ0) is 10.5. The minimum absolute atomic E-state index is 0.400. The van der Waals surface area contributed by atoms with E-state index in [-0.39, 0.29) is 0 Å². The van der Waals surface area contributed by atoms with Gasteiger partial charge in [-0.25, -0.2) is 0 Å². The van der Waals surface area contributed by atoms with Crippen LogP contribution < -0.4 is 11.1 Å². The molecule has 0 aliphatic rings. The van der Waals surface area contributed by atoms with Gasteiger partial charge in [0.05, 0.1) is 0 Å². The van der Waals surface area contributed by atoms with E-state index >= 15 is 0 Å². The first kappa shape index (κ1) is 9.38. The smallest absolute Gasteiger partial charge is 0.228 e. The molecule has 0 aliphatic heterocycles. The Kier molecular flexibility index (Phi) is 2.72. The molecule has 0 spiro atoms. The molecule has 2 aromatic rings. The summed E-state index contributed by atoms with van der Waals surface area (Å²) in [6, 6.07) is 3.44. The third-order valence-electron chi connectivity index (χ3n) is 1.74. The van der Waals surface area contributed by atoms with E-state index in [0.717, 1.165) is 0 Å². The first-order valence-electron chi connectivity index (χ1n) is 4.43. The highest BCUT2D eigenvalue weighted by atomic mass is 16.5. The summed E-state index contributed by atoms with van der Waals surface area (Å²) in [6.07, 6.45) is 2.02. The van der Waals surface area contributed by atoms with Crippen molar-refractivity contribution in [1.29, 1.82) is 0 Å². The standard InChI is InChI=1S/C8H10N6O/c9-6-1-2-7(14-13-6)10-4-3-8-11-5-12-15-8/h1-2,5H,3-4H2,(H2,9,13)(H,10,14). The number of nitrogens with two attached hydrogens (primary N) is 1. The van der Waals surface area contributed by atoms with Crippen LogP contribution in [0.1, 0.15) is 5.89 Å². The van der Waals surface area contributed by atoms with Crippen LogP contribution in [0.25, 0.3) is 0 Å². The van der Waals surface area contributed by atoms with Gasteiger partial charge in [0.25, 0.3) is 0 Å². The Morgan fingerprint density at radius 2 is 2.27 bits per heavy atom. The monoisotopic (exact) mass is 206 g/mol. The zero-order valence-corrected chi connectivity index (χ0v) is 7.92. The second-order valence-corrected chi connectivity index (χ2v) is 2.86. The summed E-state index contributed by atoms with van der Waals surface area (Å²) >= 11 is 0. The van der Waals surface area contributed by atoms with Gasteiger partial charge in [-0.15, -0.1) is 10.2 Å². The Morgan fingerprint density at radius 3 is 2.93 bits per heavy atom. The Bertz CT molecular complexity index is 398. The highest BCUT2D eigenvalue weighted by Gasteiger charge is 1.99. The van der Waals surface area contributed by atoms with Crippen LogP contribution in [0.3, 0.4) is 0 Å². The number of anilines is 2. The third kappa shape index (κ3) is 2.63. The molecule has 0 bridgehead atoms. The van der Waals surface area contributed by atoms with Crippen LogP contribution in [0, 0.1) is 0 Å². The molecule has 2 aromatic heterocycles. The third-order valence-corrected chi connectivity index (χ3v) is 1.74. The van der Waals surface area contributed by atoms with Crippen molar-refractivity contribution in [1.82, 2.24) is 20.3 Å². The number of hydrogen-bond acceptors (Lipinski definition) is 7. The van der Waals surface area contributed by atoms with Crippen LogP contribution in [-0.4, -0.2) is 26.9 Å². The van der Waals surface area contributed by atoms with Crippen LogP contribution in [-0.2, 0) is 6.42 Å². The number of rotatable bonds is 4. The summed E-state index contributed by atoms with van der Waals surface area (Å²) in [5, 5.41) is 14.1. The van der Waals surface area contributed by atoms with Crippen molar-refractivity contribution in [3.05, 3.63) is 24.4 Å². The maximum Gasteiger partial charge on any atom is 0.228 e. The van der Waals surface area contributed by atoms with Gasteiger partial charge in [0.1, 0.15) is 11.6 Å². The minimum atomic E-state index is 0.400. The lowest BCUT2D eigenvalue weighted by Crippen LogP contribution is -2.07. The average Bonchev–Trinajstić information content (AvgIpc) is 2.74. The van der Waals surface area contributed by atoms with Crippen molar-refractivity contribution in [2.24, 2.45) is 0 Å². The second kappa shape index (κ2) is 4.36. The van der Waals surface area contributed by atoms with E-state index in [2.05, 4.69) is 25.7 Å². The first-order valence-corrected chi connectivity index (χ1v) is 4.43. The Balaban J connectivity index is 1.81. The molecule has 0 radical (unpaired) electrons. The molecule has 0 aromatic carbocycles. The molecular formula is C8H10N6O. The number of aromatic nitrogens is 4. The molecule has 78 valence electrons. The van der Waals surface area contributed by atoms with Gasteiger partial charge in [-0.2, -0.15) is 4.98 Å². The Labute approximate surface area is 85.7 Å². The molecule has 7 heteroatoms. The van der Waals surface area contributed by atoms with Crippen molar-refractivity contribution in [2.45, 2.75) is 6.42 Å². The van der Waals surface area contributed by atoms with E-state index in [4.69, 9.17) is 10.3 Å². The van der Waals surface area contributed by atoms with Gasteiger partial charge in [-0.05, 0) is 12.1 Å². The quantitative estimate of drug-likeness (QED) is 0.730. The van der Waals surface area contributed by atoms with E-state index in [1.807, 2.05) is 0 Å². The van der Waals surface area contributed by atoms with Crippen LogP contribution in [0.2, 0.25) is 0 Å². The zero-order valence-electron chi connectivity index (χ0n) is 7.92. The molecule has 7 nitrogen and oxygen atoms in total. The maximum atomic E-state index is 5.40. The van der Waals surface area contributed by atoms with Crippen LogP contribution >= 0.6 is 0 Å². The summed E-state index contributed by atoms with van der Waals surface area (Å²) in [5.74, 6) is 1.66. The predicted octanol–water partition coefficient (Wildman–Crippen LogP) is 0.0964. The lowest BCUT2D eigenvalue weighted by Gasteiger charge is -2.01. The molecule has 0 saturated heterocycles. The molecule has 0 aliphatic carbocycles. The lowest BCUT2D eigenvalue weighted by molar-refractivity contribution is 0.379. The number of hydrogen-bond donors (Lipinski definition) is 2. The van der Waals surface area contributed by atoms with Gasteiger partial charge in [0.15, 0.2) is 6.33 Å². The first-order chi connectivity index (χ1) is 7.34. The van der Waals surface area contributed by atoms with Crippen molar-refractivity contribution in [3.8, 4) is 0 Å². The van der Waals surface area contributed by atoms with Crippen LogP contribution in [0.15, 0.2) is 23.0 Å². The fourth-order valence-corrected chi connectivity index (χ4v) is 1.04. The minimum Gasteiger partial charge on any atom is -0.382 e. The highest BCUT2D eigenvalue weighted by Crippen LogP contribution is 2.02. The molecule has 0 saturated carbocycles. The maximum absolute atomic E-state index is 5.40. The SMILES string of the molecule is Nc1ccc(NCCc2ncno2)nn1. The lowest BCUT2D eigenvalue weighted by atomic mass is 10.4. The largest absolute Gasteiger partial charge is 0.382 e. The van der Waals surface area contributed by atoms with Gasteiger partial charge in [-0.3, -0.25) is 0 Å². The van der Waals surface area contributed by atoms with Gasteiger partial charge in [0, 0.05) is 13.0 Å². The van der Waals surface area contributed by atoms with Gasteiger partial charge >= 0.3 is 0 Å². The van der Waals surface area contributed by atoms with Crippen LogP contribution in [0.4, 0.5) is 11.6 Å². The Morgan fingerprint density at radius 1 is 1.33 bits per heavy atom. The fourth-order valence-electron chi connectivity index (χ4n) is 1.04. The number of nitrogens with zero attached hydrogens (tertiary/aromatic N) is 4. The predicted molar refractivity (Wildman–Crippen MR) is 52.9 cm³/mol. The van der Waals surface area contributed by atoms with E-state index in [1.54, 1.807) is 12.1 Å². The number of nitrogens with one attached hydrogen (secondary N) is 1. The molecule has 0 unspecified atom stereocenters. The highest BCUT2D eigenvalue weighted by molar-refractivity contribution is 5.38. The topological polar surface area (TPSA) is 103 Å². The number of nitrogen functional groups attached to an aromatic ring is 1. The van der Waals surface area contributed by atoms with Crippen molar-refractivity contribution >= 4 is 11.6 Å². The van der Waals surface area contributed by atoms with Gasteiger partial charge < -0.3 is 15.6 Å². The molecule has 0 amide bonds. The second-order valence-electron chi connectivity index (χ2n) is 2.86. The summed E-state index contributed by atoms with van der Waals surface area (Å²) in [6.45, 7) is 0.654. The van der Waals surface area contributed by atoms with Crippen molar-refractivity contribution < 1.29 is 4.52 Å². The normalized spacial score (nSPS) is 10.1. The van der Waals surface area contributed by atoms with Crippen LogP contribution in [0.5, 0.6) is 0 Å². The van der Waals surface area contributed by atoms with E-state index in [1.165, 1.54) is 6.33 Å². The molecular weight excluding hydrogens is 196 g/mol. The molecule has 2 heterocycles. The molecule has 0 atom stereocenters. The summed E-state index contributed by atoms with van der Waals surface area (Å²) in [7, 11) is 0. The summed E-state index contributed by atoms with van der Waals surface area (Å²) in [4.78, 5) is 3.89. The van der Waals surface area contributed by atoms with Gasteiger partial charge in [0.2, 0.25) is 5.89 Å². The molecule has 3 N–H and O–H groups in total. The summed E-state index contributed by atoms with van der Waals surface area (Å²) < 4.78 is 4.83. The average molecular weight is 206 g/mol. The van der Waals surface area contributed by atoms with E-state index in [9.17, 15) is 0 Å². The Hall–Kier alpha value is -2.18. The van der Waals surface area contributed by atoms with Crippen molar-refractivity contribution in [3.63, 3.8) is 0 Å². The van der Waals surface area contributed by atoms with Crippen molar-refractivity contribution in [2.75, 3.05) is 17.6 Å². The van der Waals surface area contributed by atoms with Gasteiger partial charge in [-0.1, -0.05) is 5.16 Å². The molecule has 0 fully saturated rings. The fraction of sp³-hybridized carbons (Fsp3) is 0.250. The molecule has 15 heavy (non-hydrogen) atoms. The van der Waals surface area contributed by atoms with E-state index < -0.39 is 0 Å². The molecule has 2 rings (SSSR count). The summed E-state index contributed by atoms with van der Waals surface area (Å²) in [5.41, 5.74) is 5.40.